The lowest BCUT2D eigenvalue weighted by atomic mass is 9.89. The van der Waals surface area contributed by atoms with Crippen molar-refractivity contribution in [1.29, 1.82) is 0 Å². The molecule has 0 spiro atoms. The quantitative estimate of drug-likeness (QED) is 0.822. The smallest absolute Gasteiger partial charge is 0.338 e. The Morgan fingerprint density at radius 1 is 1.29 bits per heavy atom. The van der Waals surface area contributed by atoms with Gasteiger partial charge in [-0.1, -0.05) is 6.92 Å². The third kappa shape index (κ3) is 4.28. The van der Waals surface area contributed by atoms with Gasteiger partial charge in [0.05, 0.1) is 10.5 Å². The van der Waals surface area contributed by atoms with Gasteiger partial charge in [0, 0.05) is 4.47 Å². The number of benzene rings is 1. The van der Waals surface area contributed by atoms with Gasteiger partial charge in [-0.3, -0.25) is 0 Å². The van der Waals surface area contributed by atoms with Crippen LogP contribution in [0, 0.1) is 5.92 Å². The molecule has 0 unspecified atom stereocenters. The van der Waals surface area contributed by atoms with Gasteiger partial charge < -0.3 is 4.74 Å². The molecule has 0 radical (unpaired) electrons. The summed E-state index contributed by atoms with van der Waals surface area (Å²) < 4.78 is 28.7. The molecule has 7 heteroatoms. The zero-order chi connectivity index (χ0) is 15.6. The molecule has 0 saturated heterocycles. The first kappa shape index (κ1) is 16.5. The number of rotatable bonds is 3. The first-order valence-corrected chi connectivity index (χ1v) is 9.14. The second-order valence-electron chi connectivity index (χ2n) is 5.48. The van der Waals surface area contributed by atoms with Crippen molar-refractivity contribution in [3.63, 3.8) is 0 Å². The van der Waals surface area contributed by atoms with Crippen molar-refractivity contribution in [2.45, 2.75) is 43.6 Å². The van der Waals surface area contributed by atoms with Gasteiger partial charge in [-0.2, -0.15) is 0 Å². The van der Waals surface area contributed by atoms with E-state index in [-0.39, 0.29) is 16.6 Å². The minimum Gasteiger partial charge on any atom is -0.459 e. The van der Waals surface area contributed by atoms with E-state index in [4.69, 9.17) is 9.88 Å². The minimum atomic E-state index is -3.88. The van der Waals surface area contributed by atoms with E-state index >= 15 is 0 Å². The molecule has 1 saturated carbocycles. The molecule has 0 aromatic heterocycles. The number of ether oxygens (including phenoxy) is 1. The Balaban J connectivity index is 2.13. The maximum atomic E-state index is 12.1. The summed E-state index contributed by atoms with van der Waals surface area (Å²) in [6.07, 6.45) is 3.70. The lowest BCUT2D eigenvalue weighted by Gasteiger charge is -2.26. The van der Waals surface area contributed by atoms with E-state index in [0.29, 0.717) is 10.4 Å². The van der Waals surface area contributed by atoms with Crippen molar-refractivity contribution < 1.29 is 17.9 Å². The van der Waals surface area contributed by atoms with Gasteiger partial charge in [-0.15, -0.1) is 0 Å². The van der Waals surface area contributed by atoms with Crippen LogP contribution in [-0.2, 0) is 14.8 Å². The van der Waals surface area contributed by atoms with Crippen molar-refractivity contribution in [2.24, 2.45) is 11.1 Å². The lowest BCUT2D eigenvalue weighted by molar-refractivity contribution is 0.0173. The van der Waals surface area contributed by atoms with E-state index in [1.54, 1.807) is 0 Å². The van der Waals surface area contributed by atoms with Crippen LogP contribution in [0.5, 0.6) is 0 Å². The molecule has 1 fully saturated rings. The molecule has 0 atom stereocenters. The second kappa shape index (κ2) is 6.46. The van der Waals surface area contributed by atoms with Gasteiger partial charge in [0.15, 0.2) is 0 Å². The van der Waals surface area contributed by atoms with E-state index in [2.05, 4.69) is 22.9 Å². The largest absolute Gasteiger partial charge is 0.459 e. The summed E-state index contributed by atoms with van der Waals surface area (Å²) in [5.41, 5.74) is 0.195. The predicted molar refractivity (Wildman–Crippen MR) is 82.4 cm³/mol. The molecule has 1 aliphatic rings. The van der Waals surface area contributed by atoms with E-state index in [9.17, 15) is 13.2 Å². The molecule has 0 aliphatic heterocycles. The molecule has 1 aliphatic carbocycles. The van der Waals surface area contributed by atoms with E-state index < -0.39 is 16.0 Å². The van der Waals surface area contributed by atoms with Crippen molar-refractivity contribution in [3.8, 4) is 0 Å². The number of carbonyl (C=O) groups excluding carboxylic acids is 1. The Bertz CT molecular complexity index is 636. The molecule has 21 heavy (non-hydrogen) atoms. The van der Waals surface area contributed by atoms with E-state index in [1.165, 1.54) is 18.2 Å². The van der Waals surface area contributed by atoms with Crippen molar-refractivity contribution in [1.82, 2.24) is 0 Å². The topological polar surface area (TPSA) is 86.5 Å². The van der Waals surface area contributed by atoms with Gasteiger partial charge in [-0.05, 0) is 65.7 Å². The van der Waals surface area contributed by atoms with Crippen LogP contribution in [0.3, 0.4) is 0 Å². The fourth-order valence-electron chi connectivity index (χ4n) is 2.42. The number of primary sulfonamides is 1. The van der Waals surface area contributed by atoms with Crippen LogP contribution in [-0.4, -0.2) is 20.5 Å². The Kier molecular flexibility index (Phi) is 5.06. The number of hydrogen-bond acceptors (Lipinski definition) is 4. The van der Waals surface area contributed by atoms with Gasteiger partial charge in [0.2, 0.25) is 10.0 Å². The van der Waals surface area contributed by atoms with Crippen LogP contribution in [0.25, 0.3) is 0 Å². The van der Waals surface area contributed by atoms with Crippen LogP contribution in [0.15, 0.2) is 27.6 Å². The first-order valence-electron chi connectivity index (χ1n) is 6.80. The summed E-state index contributed by atoms with van der Waals surface area (Å²) in [5.74, 6) is 0.161. The highest BCUT2D eigenvalue weighted by Crippen LogP contribution is 2.27. The fourth-order valence-corrected chi connectivity index (χ4v) is 3.97. The third-order valence-corrected chi connectivity index (χ3v) is 5.61. The summed E-state index contributed by atoms with van der Waals surface area (Å²) >= 11 is 3.11. The molecular weight excluding hydrogens is 358 g/mol. The number of hydrogen-bond donors (Lipinski definition) is 1. The normalized spacial score (nSPS) is 22.8. The predicted octanol–water partition coefficient (Wildman–Crippen LogP) is 2.83. The molecule has 2 N–H and O–H groups in total. The number of sulfonamides is 1. The van der Waals surface area contributed by atoms with Gasteiger partial charge in [0.25, 0.3) is 0 Å². The number of esters is 1. The van der Waals surface area contributed by atoms with Crippen LogP contribution < -0.4 is 5.14 Å². The summed E-state index contributed by atoms with van der Waals surface area (Å²) in [7, 11) is -3.88. The molecular formula is C14H18BrNO4S. The molecule has 0 amide bonds. The maximum absolute atomic E-state index is 12.1. The summed E-state index contributed by atoms with van der Waals surface area (Å²) in [5, 5.41) is 5.12. The molecule has 1 aromatic rings. The standard InChI is InChI=1S/C14H18BrNO4S/c1-9-2-5-11(6-3-9)20-14(17)10-4-7-12(15)13(8-10)21(16,18)19/h4,7-9,11H,2-3,5-6H2,1H3,(H2,16,18,19). The maximum Gasteiger partial charge on any atom is 0.338 e. The SMILES string of the molecule is CC1CCC(OC(=O)c2ccc(Br)c(S(N)(=O)=O)c2)CC1. The average molecular weight is 376 g/mol. The Labute approximate surface area is 133 Å². The summed E-state index contributed by atoms with van der Waals surface area (Å²) in [4.78, 5) is 12.0. The Morgan fingerprint density at radius 2 is 1.90 bits per heavy atom. The Hall–Kier alpha value is -0.920. The van der Waals surface area contributed by atoms with Crippen LogP contribution >= 0.6 is 15.9 Å². The van der Waals surface area contributed by atoms with E-state index in [0.717, 1.165) is 25.7 Å². The van der Waals surface area contributed by atoms with Gasteiger partial charge in [-0.25, -0.2) is 18.4 Å². The summed E-state index contributed by atoms with van der Waals surface area (Å²) in [6.45, 7) is 2.19. The lowest BCUT2D eigenvalue weighted by Crippen LogP contribution is -2.24. The number of carbonyl (C=O) groups is 1. The molecule has 116 valence electrons. The van der Waals surface area contributed by atoms with Crippen molar-refractivity contribution >= 4 is 31.9 Å². The molecule has 0 bridgehead atoms. The molecule has 2 rings (SSSR count). The fraction of sp³-hybridized carbons (Fsp3) is 0.500. The minimum absolute atomic E-state index is 0.0877. The molecule has 5 nitrogen and oxygen atoms in total. The highest BCUT2D eigenvalue weighted by atomic mass is 79.9. The van der Waals surface area contributed by atoms with Crippen LogP contribution in [0.4, 0.5) is 0 Å². The van der Waals surface area contributed by atoms with Crippen molar-refractivity contribution in [2.75, 3.05) is 0 Å². The zero-order valence-corrected chi connectivity index (χ0v) is 14.1. The monoisotopic (exact) mass is 375 g/mol. The highest BCUT2D eigenvalue weighted by Gasteiger charge is 2.23. The first-order chi connectivity index (χ1) is 9.77. The highest BCUT2D eigenvalue weighted by molar-refractivity contribution is 9.10. The number of nitrogens with two attached hydrogens (primary N) is 1. The number of halogens is 1. The molecule has 1 aromatic carbocycles. The second-order valence-corrected chi connectivity index (χ2v) is 7.86. The van der Waals surface area contributed by atoms with Gasteiger partial charge in [0.1, 0.15) is 6.10 Å². The van der Waals surface area contributed by atoms with Crippen LogP contribution in [0.2, 0.25) is 0 Å². The average Bonchev–Trinajstić information content (AvgIpc) is 2.40. The van der Waals surface area contributed by atoms with E-state index in [1.807, 2.05) is 0 Å². The Morgan fingerprint density at radius 3 is 2.48 bits per heavy atom. The molecule has 0 heterocycles. The third-order valence-electron chi connectivity index (χ3n) is 3.71. The van der Waals surface area contributed by atoms with Gasteiger partial charge >= 0.3 is 5.97 Å². The summed E-state index contributed by atoms with van der Waals surface area (Å²) in [6, 6.07) is 4.25. The zero-order valence-electron chi connectivity index (χ0n) is 11.7. The van der Waals surface area contributed by atoms with Crippen molar-refractivity contribution in [3.05, 3.63) is 28.2 Å². The van der Waals surface area contributed by atoms with Crippen LogP contribution in [0.1, 0.15) is 43.0 Å².